The van der Waals surface area contributed by atoms with E-state index in [0.717, 1.165) is 32.6 Å². The summed E-state index contributed by atoms with van der Waals surface area (Å²) in [5, 5.41) is 18.6. The molecule has 1 aromatic carbocycles. The van der Waals surface area contributed by atoms with Gasteiger partial charge in [-0.3, -0.25) is 9.69 Å². The van der Waals surface area contributed by atoms with Gasteiger partial charge < -0.3 is 15.1 Å². The Bertz CT molecular complexity index is 539. The number of hydrogen-bond acceptors (Lipinski definition) is 4. The Morgan fingerprint density at radius 2 is 1.82 bits per heavy atom. The van der Waals surface area contributed by atoms with Crippen molar-refractivity contribution < 1.29 is 15.0 Å². The highest BCUT2D eigenvalue weighted by Crippen LogP contribution is 2.26. The molecule has 22 heavy (non-hydrogen) atoms. The largest absolute Gasteiger partial charge is 0.392 e. The van der Waals surface area contributed by atoms with E-state index in [0.29, 0.717) is 28.7 Å². The predicted molar refractivity (Wildman–Crippen MR) is 83.3 cm³/mol. The first kappa shape index (κ1) is 15.5. The number of aliphatic hydroxyl groups excluding tert-OH is 2. The van der Waals surface area contributed by atoms with Crippen LogP contribution in [0.25, 0.3) is 0 Å². The van der Waals surface area contributed by atoms with Gasteiger partial charge in [0, 0.05) is 37.8 Å². The molecule has 5 heteroatoms. The highest BCUT2D eigenvalue weighted by molar-refractivity contribution is 5.94. The van der Waals surface area contributed by atoms with Gasteiger partial charge in [-0.2, -0.15) is 0 Å². The van der Waals surface area contributed by atoms with Crippen molar-refractivity contribution in [1.82, 2.24) is 9.80 Å². The van der Waals surface area contributed by atoms with E-state index in [-0.39, 0.29) is 19.1 Å². The van der Waals surface area contributed by atoms with Gasteiger partial charge in [0.1, 0.15) is 0 Å². The third kappa shape index (κ3) is 3.02. The summed E-state index contributed by atoms with van der Waals surface area (Å²) in [6, 6.07) is 5.66. The molecule has 2 N–H and O–H groups in total. The molecule has 5 nitrogen and oxygen atoms in total. The van der Waals surface area contributed by atoms with Crippen LogP contribution in [0, 0.1) is 5.92 Å². The zero-order chi connectivity index (χ0) is 15.7. The quantitative estimate of drug-likeness (QED) is 0.868. The molecule has 1 amide bonds. The first-order chi connectivity index (χ1) is 10.6. The Hall–Kier alpha value is -1.43. The van der Waals surface area contributed by atoms with Crippen molar-refractivity contribution in [1.29, 1.82) is 0 Å². The molecule has 2 heterocycles. The van der Waals surface area contributed by atoms with Crippen molar-refractivity contribution in [2.24, 2.45) is 5.92 Å². The van der Waals surface area contributed by atoms with Crippen molar-refractivity contribution in [2.75, 3.05) is 26.2 Å². The van der Waals surface area contributed by atoms with E-state index in [4.69, 9.17) is 0 Å². The summed E-state index contributed by atoms with van der Waals surface area (Å²) in [6.07, 6.45) is 1.16. The zero-order valence-electron chi connectivity index (χ0n) is 13.0. The van der Waals surface area contributed by atoms with E-state index >= 15 is 0 Å². The van der Waals surface area contributed by atoms with Crippen LogP contribution in [0.3, 0.4) is 0 Å². The minimum Gasteiger partial charge on any atom is -0.392 e. The number of amides is 1. The zero-order valence-corrected chi connectivity index (χ0v) is 13.0. The highest BCUT2D eigenvalue weighted by Gasteiger charge is 2.35. The number of fused-ring (bicyclic) bond motifs is 1. The van der Waals surface area contributed by atoms with Crippen LogP contribution < -0.4 is 0 Å². The van der Waals surface area contributed by atoms with Crippen LogP contribution >= 0.6 is 0 Å². The second-order valence-corrected chi connectivity index (χ2v) is 6.60. The Morgan fingerprint density at radius 3 is 2.45 bits per heavy atom. The van der Waals surface area contributed by atoms with E-state index in [1.165, 1.54) is 0 Å². The van der Waals surface area contributed by atoms with Crippen molar-refractivity contribution >= 4 is 5.91 Å². The lowest BCUT2D eigenvalue weighted by Gasteiger charge is -2.37. The Morgan fingerprint density at radius 1 is 1.14 bits per heavy atom. The highest BCUT2D eigenvalue weighted by atomic mass is 16.3. The number of carbonyl (C=O) groups is 1. The van der Waals surface area contributed by atoms with E-state index < -0.39 is 0 Å². The molecule has 2 atom stereocenters. The van der Waals surface area contributed by atoms with E-state index in [2.05, 4.69) is 11.8 Å². The molecule has 0 aliphatic carbocycles. The van der Waals surface area contributed by atoms with Crippen LogP contribution in [0.5, 0.6) is 0 Å². The normalized spacial score (nSPS) is 25.3. The maximum atomic E-state index is 12.8. The third-order valence-corrected chi connectivity index (χ3v) is 4.78. The monoisotopic (exact) mass is 304 g/mol. The molecule has 2 aliphatic rings. The van der Waals surface area contributed by atoms with Gasteiger partial charge in [-0.05, 0) is 35.6 Å². The average molecular weight is 304 g/mol. The van der Waals surface area contributed by atoms with Crippen molar-refractivity contribution in [3.63, 3.8) is 0 Å². The van der Waals surface area contributed by atoms with Gasteiger partial charge >= 0.3 is 0 Å². The van der Waals surface area contributed by atoms with Crippen LogP contribution in [0.2, 0.25) is 0 Å². The molecule has 3 rings (SSSR count). The summed E-state index contributed by atoms with van der Waals surface area (Å²) in [5.41, 5.74) is 1.90. The number of aliphatic hydroxyl groups is 2. The molecule has 2 unspecified atom stereocenters. The number of nitrogens with zero attached hydrogens (tertiary/aromatic N) is 2. The SMILES string of the molecule is CC1CC2CN(C(=O)c3cc(CO)cc(CO)c3)CCN2C1. The molecule has 0 radical (unpaired) electrons. The van der Waals surface area contributed by atoms with Crippen LogP contribution in [-0.4, -0.2) is 58.1 Å². The summed E-state index contributed by atoms with van der Waals surface area (Å²) in [7, 11) is 0. The molecule has 2 saturated heterocycles. The molecular formula is C17H24N2O3. The Kier molecular flexibility index (Phi) is 4.47. The Balaban J connectivity index is 1.76. The lowest BCUT2D eigenvalue weighted by molar-refractivity contribution is 0.0570. The van der Waals surface area contributed by atoms with Gasteiger partial charge in [0.25, 0.3) is 5.91 Å². The van der Waals surface area contributed by atoms with Crippen LogP contribution in [0.15, 0.2) is 18.2 Å². The number of rotatable bonds is 3. The fourth-order valence-corrected chi connectivity index (χ4v) is 3.73. The van der Waals surface area contributed by atoms with E-state index in [9.17, 15) is 15.0 Å². The van der Waals surface area contributed by atoms with Gasteiger partial charge in [-0.15, -0.1) is 0 Å². The number of carbonyl (C=O) groups excluding carboxylic acids is 1. The summed E-state index contributed by atoms with van der Waals surface area (Å²) < 4.78 is 0. The first-order valence-corrected chi connectivity index (χ1v) is 7.98. The van der Waals surface area contributed by atoms with Crippen LogP contribution in [-0.2, 0) is 13.2 Å². The minimum absolute atomic E-state index is 0.00389. The number of benzene rings is 1. The smallest absolute Gasteiger partial charge is 0.253 e. The molecule has 2 fully saturated rings. The van der Waals surface area contributed by atoms with Crippen molar-refractivity contribution in [3.05, 3.63) is 34.9 Å². The topological polar surface area (TPSA) is 64.0 Å². The molecule has 2 aliphatic heterocycles. The Labute approximate surface area is 131 Å². The maximum Gasteiger partial charge on any atom is 0.253 e. The molecule has 0 bridgehead atoms. The summed E-state index contributed by atoms with van der Waals surface area (Å²) in [6.45, 7) is 5.63. The fourth-order valence-electron chi connectivity index (χ4n) is 3.73. The minimum atomic E-state index is -0.123. The summed E-state index contributed by atoms with van der Waals surface area (Å²) in [4.78, 5) is 17.1. The summed E-state index contributed by atoms with van der Waals surface area (Å²) in [5.74, 6) is 0.711. The van der Waals surface area contributed by atoms with Crippen molar-refractivity contribution in [3.8, 4) is 0 Å². The van der Waals surface area contributed by atoms with Gasteiger partial charge in [0.15, 0.2) is 0 Å². The molecule has 120 valence electrons. The maximum absolute atomic E-state index is 12.8. The van der Waals surface area contributed by atoms with Crippen LogP contribution in [0.4, 0.5) is 0 Å². The third-order valence-electron chi connectivity index (χ3n) is 4.78. The fraction of sp³-hybridized carbons (Fsp3) is 0.588. The standard InChI is InChI=1S/C17H24N2O3/c1-12-4-16-9-19(3-2-18(16)8-12)17(22)15-6-13(10-20)5-14(7-15)11-21/h5-7,12,16,20-21H,2-4,8-11H2,1H3. The number of piperazine rings is 1. The second kappa shape index (κ2) is 6.36. The molecule has 0 aromatic heterocycles. The molecule has 0 spiro atoms. The molecule has 0 saturated carbocycles. The average Bonchev–Trinajstić information content (AvgIpc) is 2.92. The summed E-state index contributed by atoms with van der Waals surface area (Å²) >= 11 is 0. The van der Waals surface area contributed by atoms with Gasteiger partial charge in [-0.1, -0.05) is 13.0 Å². The van der Waals surface area contributed by atoms with E-state index in [1.807, 2.05) is 4.90 Å². The van der Waals surface area contributed by atoms with E-state index in [1.54, 1.807) is 18.2 Å². The predicted octanol–water partition coefficient (Wildman–Crippen LogP) is 0.837. The van der Waals surface area contributed by atoms with Crippen molar-refractivity contribution in [2.45, 2.75) is 32.6 Å². The van der Waals surface area contributed by atoms with Gasteiger partial charge in [0.05, 0.1) is 13.2 Å². The lowest BCUT2D eigenvalue weighted by Crippen LogP contribution is -2.52. The molecule has 1 aromatic rings. The van der Waals surface area contributed by atoms with Gasteiger partial charge in [-0.25, -0.2) is 0 Å². The second-order valence-electron chi connectivity index (χ2n) is 6.60. The van der Waals surface area contributed by atoms with Crippen LogP contribution in [0.1, 0.15) is 34.8 Å². The first-order valence-electron chi connectivity index (χ1n) is 7.98. The van der Waals surface area contributed by atoms with Gasteiger partial charge in [0.2, 0.25) is 0 Å². The number of hydrogen-bond donors (Lipinski definition) is 2. The molecular weight excluding hydrogens is 280 g/mol. The lowest BCUT2D eigenvalue weighted by atomic mass is 10.0.